The third kappa shape index (κ3) is 1.74. The minimum absolute atomic E-state index is 0.0131. The van der Waals surface area contributed by atoms with Gasteiger partial charge in [-0.1, -0.05) is 0 Å². The Morgan fingerprint density at radius 1 is 1.64 bits per heavy atom. The molecule has 14 heavy (non-hydrogen) atoms. The number of rotatable bonds is 2. The van der Waals surface area contributed by atoms with Gasteiger partial charge >= 0.3 is 5.69 Å². The Kier molecular flexibility index (Phi) is 2.45. The average Bonchev–Trinajstić information content (AvgIpc) is 2.68. The molecule has 6 heteroatoms. The van der Waals surface area contributed by atoms with Crippen LogP contribution in [0.4, 0.5) is 5.69 Å². The SMILES string of the molecule is O=[N+]([O-])c1cnn([C@@H]2CCCCO2)c1. The molecular weight excluding hydrogens is 186 g/mol. The number of nitrogens with zero attached hydrogens (tertiary/aromatic N) is 3. The highest BCUT2D eigenvalue weighted by atomic mass is 16.6. The Morgan fingerprint density at radius 2 is 2.50 bits per heavy atom. The number of hydrogen-bond donors (Lipinski definition) is 0. The topological polar surface area (TPSA) is 70.2 Å². The molecule has 0 aliphatic carbocycles. The summed E-state index contributed by atoms with van der Waals surface area (Å²) in [6, 6.07) is 0. The molecule has 0 bridgehead atoms. The van der Waals surface area contributed by atoms with Crippen LogP contribution in [-0.2, 0) is 4.74 Å². The van der Waals surface area contributed by atoms with Crippen LogP contribution in [0.3, 0.4) is 0 Å². The summed E-state index contributed by atoms with van der Waals surface area (Å²) in [6.45, 7) is 0.707. The fourth-order valence-electron chi connectivity index (χ4n) is 1.51. The van der Waals surface area contributed by atoms with Crippen molar-refractivity contribution in [2.75, 3.05) is 6.61 Å². The van der Waals surface area contributed by atoms with E-state index >= 15 is 0 Å². The Morgan fingerprint density at radius 3 is 3.07 bits per heavy atom. The van der Waals surface area contributed by atoms with Crippen molar-refractivity contribution in [2.24, 2.45) is 0 Å². The van der Waals surface area contributed by atoms with Gasteiger partial charge < -0.3 is 4.74 Å². The molecule has 0 aromatic carbocycles. The first-order chi connectivity index (χ1) is 6.77. The highest BCUT2D eigenvalue weighted by molar-refractivity contribution is 5.20. The summed E-state index contributed by atoms with van der Waals surface area (Å²) in [4.78, 5) is 9.96. The molecule has 2 rings (SSSR count). The Balaban J connectivity index is 2.11. The van der Waals surface area contributed by atoms with Gasteiger partial charge in [0.25, 0.3) is 0 Å². The lowest BCUT2D eigenvalue weighted by atomic mass is 10.2. The first-order valence-corrected chi connectivity index (χ1v) is 4.57. The van der Waals surface area contributed by atoms with Crippen LogP contribution in [0, 0.1) is 10.1 Å². The summed E-state index contributed by atoms with van der Waals surface area (Å²) in [6.07, 6.45) is 5.54. The molecule has 0 N–H and O–H groups in total. The second-order valence-corrected chi connectivity index (χ2v) is 3.26. The highest BCUT2D eigenvalue weighted by Crippen LogP contribution is 2.23. The van der Waals surface area contributed by atoms with Gasteiger partial charge in [0.15, 0.2) is 0 Å². The molecule has 0 amide bonds. The molecular formula is C8H11N3O3. The highest BCUT2D eigenvalue weighted by Gasteiger charge is 2.18. The van der Waals surface area contributed by atoms with Gasteiger partial charge in [-0.2, -0.15) is 5.10 Å². The predicted octanol–water partition coefficient (Wildman–Crippen LogP) is 1.49. The Labute approximate surface area is 80.6 Å². The van der Waals surface area contributed by atoms with Gasteiger partial charge in [-0.05, 0) is 19.3 Å². The molecule has 1 fully saturated rings. The molecule has 1 aromatic heterocycles. The zero-order chi connectivity index (χ0) is 9.97. The summed E-state index contributed by atoms with van der Waals surface area (Å²) >= 11 is 0. The second kappa shape index (κ2) is 3.75. The molecule has 2 heterocycles. The molecule has 0 saturated carbocycles. The van der Waals surface area contributed by atoms with Crippen LogP contribution in [0.2, 0.25) is 0 Å². The number of ether oxygens (including phenoxy) is 1. The van der Waals surface area contributed by atoms with Gasteiger partial charge in [0.1, 0.15) is 18.6 Å². The molecule has 1 atom stereocenters. The van der Waals surface area contributed by atoms with E-state index in [-0.39, 0.29) is 11.9 Å². The molecule has 1 aliphatic rings. The van der Waals surface area contributed by atoms with Crippen LogP contribution >= 0.6 is 0 Å². The van der Waals surface area contributed by atoms with E-state index in [1.807, 2.05) is 0 Å². The van der Waals surface area contributed by atoms with Gasteiger partial charge in [0.2, 0.25) is 0 Å². The Hall–Kier alpha value is -1.43. The molecule has 1 saturated heterocycles. The maximum Gasteiger partial charge on any atom is 0.307 e. The van der Waals surface area contributed by atoms with Crippen molar-refractivity contribution in [1.82, 2.24) is 9.78 Å². The van der Waals surface area contributed by atoms with Gasteiger partial charge in [-0.3, -0.25) is 10.1 Å². The van der Waals surface area contributed by atoms with Crippen LogP contribution in [-0.4, -0.2) is 21.3 Å². The molecule has 0 unspecified atom stereocenters. The van der Waals surface area contributed by atoms with Crippen molar-refractivity contribution in [3.8, 4) is 0 Å². The number of hydrogen-bond acceptors (Lipinski definition) is 4. The summed E-state index contributed by atoms with van der Waals surface area (Å²) in [5.41, 5.74) is 0.0131. The van der Waals surface area contributed by atoms with Crippen molar-refractivity contribution >= 4 is 5.69 Å². The monoisotopic (exact) mass is 197 g/mol. The lowest BCUT2D eigenvalue weighted by Crippen LogP contribution is -2.18. The number of aromatic nitrogens is 2. The number of nitro groups is 1. The molecule has 6 nitrogen and oxygen atoms in total. The van der Waals surface area contributed by atoms with E-state index in [4.69, 9.17) is 4.74 Å². The smallest absolute Gasteiger partial charge is 0.307 e. The molecule has 76 valence electrons. The third-order valence-corrected chi connectivity index (χ3v) is 2.25. The summed E-state index contributed by atoms with van der Waals surface area (Å²) in [5, 5.41) is 14.3. The summed E-state index contributed by atoms with van der Waals surface area (Å²) in [5.74, 6) is 0. The average molecular weight is 197 g/mol. The van der Waals surface area contributed by atoms with E-state index in [2.05, 4.69) is 5.10 Å². The van der Waals surface area contributed by atoms with Gasteiger partial charge in [-0.15, -0.1) is 0 Å². The molecule has 0 spiro atoms. The zero-order valence-corrected chi connectivity index (χ0v) is 7.63. The standard InChI is InChI=1S/C8H11N3O3/c12-11(13)7-5-9-10(6-7)8-3-1-2-4-14-8/h5-6,8H,1-4H2/t8-/m0/s1. The quantitative estimate of drug-likeness (QED) is 0.532. The van der Waals surface area contributed by atoms with E-state index < -0.39 is 4.92 Å². The van der Waals surface area contributed by atoms with E-state index in [0.717, 1.165) is 19.3 Å². The lowest BCUT2D eigenvalue weighted by Gasteiger charge is -2.22. The zero-order valence-electron chi connectivity index (χ0n) is 7.63. The van der Waals surface area contributed by atoms with E-state index in [1.54, 1.807) is 0 Å². The van der Waals surface area contributed by atoms with Crippen LogP contribution in [0.1, 0.15) is 25.5 Å². The van der Waals surface area contributed by atoms with E-state index in [9.17, 15) is 10.1 Å². The van der Waals surface area contributed by atoms with Crippen molar-refractivity contribution in [1.29, 1.82) is 0 Å². The second-order valence-electron chi connectivity index (χ2n) is 3.26. The van der Waals surface area contributed by atoms with Crippen LogP contribution in [0.25, 0.3) is 0 Å². The van der Waals surface area contributed by atoms with Gasteiger partial charge in [0.05, 0.1) is 4.92 Å². The maximum atomic E-state index is 10.4. The van der Waals surface area contributed by atoms with Crippen molar-refractivity contribution in [3.63, 3.8) is 0 Å². The fraction of sp³-hybridized carbons (Fsp3) is 0.625. The molecule has 0 radical (unpaired) electrons. The third-order valence-electron chi connectivity index (χ3n) is 2.25. The van der Waals surface area contributed by atoms with Gasteiger partial charge in [0, 0.05) is 6.61 Å². The van der Waals surface area contributed by atoms with Crippen LogP contribution < -0.4 is 0 Å². The molecule has 1 aliphatic heterocycles. The summed E-state index contributed by atoms with van der Waals surface area (Å²) < 4.78 is 6.96. The normalized spacial score (nSPS) is 22.1. The largest absolute Gasteiger partial charge is 0.357 e. The lowest BCUT2D eigenvalue weighted by molar-refractivity contribution is -0.385. The van der Waals surface area contributed by atoms with E-state index in [1.165, 1.54) is 17.1 Å². The fourth-order valence-corrected chi connectivity index (χ4v) is 1.51. The minimum Gasteiger partial charge on any atom is -0.357 e. The van der Waals surface area contributed by atoms with Gasteiger partial charge in [-0.25, -0.2) is 4.68 Å². The van der Waals surface area contributed by atoms with Crippen molar-refractivity contribution < 1.29 is 9.66 Å². The predicted molar refractivity (Wildman–Crippen MR) is 47.7 cm³/mol. The minimum atomic E-state index is -0.452. The van der Waals surface area contributed by atoms with Crippen LogP contribution in [0.5, 0.6) is 0 Å². The van der Waals surface area contributed by atoms with Crippen LogP contribution in [0.15, 0.2) is 12.4 Å². The maximum absolute atomic E-state index is 10.4. The van der Waals surface area contributed by atoms with Crippen molar-refractivity contribution in [3.05, 3.63) is 22.5 Å². The van der Waals surface area contributed by atoms with E-state index in [0.29, 0.717) is 6.61 Å². The Bertz CT molecular complexity index is 330. The first kappa shape index (κ1) is 9.14. The van der Waals surface area contributed by atoms with Crippen molar-refractivity contribution in [2.45, 2.75) is 25.5 Å². The molecule has 1 aromatic rings. The first-order valence-electron chi connectivity index (χ1n) is 4.57. The summed E-state index contributed by atoms with van der Waals surface area (Å²) in [7, 11) is 0.